The number of benzene rings is 6. The lowest BCUT2D eigenvalue weighted by Gasteiger charge is -2.17. The Morgan fingerprint density at radius 2 is 0.875 bits per heavy atom. The van der Waals surface area contributed by atoms with E-state index in [9.17, 15) is 10.2 Å². The quantitative estimate of drug-likeness (QED) is 0.207. The van der Waals surface area contributed by atoms with Crippen molar-refractivity contribution in [2.24, 2.45) is 0 Å². The highest BCUT2D eigenvalue weighted by atomic mass is 16.3. The first-order chi connectivity index (χ1) is 19.7. The number of hydrogen-bond acceptors (Lipinski definition) is 2. The van der Waals surface area contributed by atoms with Gasteiger partial charge in [0.2, 0.25) is 0 Å². The number of aliphatic hydroxyl groups excluding tert-OH is 2. The minimum atomic E-state index is 0.0236. The van der Waals surface area contributed by atoms with E-state index in [2.05, 4.69) is 109 Å². The lowest BCUT2D eigenvalue weighted by molar-refractivity contribution is 0.281. The predicted molar refractivity (Wildman–Crippen MR) is 169 cm³/mol. The smallest absolute Gasteiger partial charge is 0.0682 e. The zero-order valence-corrected chi connectivity index (χ0v) is 22.2. The van der Waals surface area contributed by atoms with Crippen LogP contribution in [0.25, 0.3) is 57.0 Å². The van der Waals surface area contributed by atoms with Crippen molar-refractivity contribution in [2.75, 3.05) is 0 Å². The van der Waals surface area contributed by atoms with Crippen LogP contribution in [0.2, 0.25) is 0 Å². The van der Waals surface area contributed by atoms with Crippen molar-refractivity contribution < 1.29 is 10.2 Å². The Balaban J connectivity index is 1.59. The van der Waals surface area contributed by atoms with Gasteiger partial charge in [0.25, 0.3) is 0 Å². The van der Waals surface area contributed by atoms with Gasteiger partial charge < -0.3 is 10.2 Å². The third-order valence-electron chi connectivity index (χ3n) is 7.35. The molecule has 40 heavy (non-hydrogen) atoms. The highest BCUT2D eigenvalue weighted by Gasteiger charge is 2.15. The van der Waals surface area contributed by atoms with Gasteiger partial charge in [0.15, 0.2) is 0 Å². The van der Waals surface area contributed by atoms with Gasteiger partial charge in [-0.25, -0.2) is 0 Å². The van der Waals surface area contributed by atoms with Gasteiger partial charge in [-0.1, -0.05) is 133 Å². The summed E-state index contributed by atoms with van der Waals surface area (Å²) in [4.78, 5) is 0. The van der Waals surface area contributed by atoms with E-state index < -0.39 is 0 Å². The number of hydrogen-bond donors (Lipinski definition) is 2. The molecule has 0 spiro atoms. The Hall–Kier alpha value is -4.76. The summed E-state index contributed by atoms with van der Waals surface area (Å²) in [7, 11) is 0. The number of aliphatic hydroxyl groups is 2. The third kappa shape index (κ3) is 5.23. The van der Waals surface area contributed by atoms with Crippen LogP contribution in [0.3, 0.4) is 0 Å². The van der Waals surface area contributed by atoms with E-state index in [-0.39, 0.29) is 13.2 Å². The Morgan fingerprint density at radius 3 is 1.32 bits per heavy atom. The second kappa shape index (κ2) is 11.5. The van der Waals surface area contributed by atoms with Gasteiger partial charge in [-0.05, 0) is 78.2 Å². The molecule has 0 aromatic heterocycles. The van der Waals surface area contributed by atoms with Crippen molar-refractivity contribution in [1.82, 2.24) is 0 Å². The molecule has 0 amide bonds. The molecule has 0 aliphatic rings. The molecule has 0 saturated carbocycles. The Bertz CT molecular complexity index is 1740. The zero-order valence-electron chi connectivity index (χ0n) is 22.2. The van der Waals surface area contributed by atoms with Gasteiger partial charge in [0.05, 0.1) is 13.2 Å². The molecule has 0 atom stereocenters. The standard InChI is InChI=1S/C38H30O2/c39-25-29-9-5-7-27(23-29)15-17-33-21-19-31-11-1-3-13-35(31)37(33)38-34(22-20-32-12-2-4-14-36(32)38)18-16-28-8-6-10-30(24-28)26-40/h1-24,39-40H,25-26H2/b17-15-,18-16-. The van der Waals surface area contributed by atoms with E-state index in [1.807, 2.05) is 36.4 Å². The van der Waals surface area contributed by atoms with Crippen LogP contribution in [-0.2, 0) is 13.2 Å². The van der Waals surface area contributed by atoms with E-state index in [0.717, 1.165) is 33.4 Å². The lowest BCUT2D eigenvalue weighted by Crippen LogP contribution is -1.92. The van der Waals surface area contributed by atoms with E-state index in [1.165, 1.54) is 32.7 Å². The van der Waals surface area contributed by atoms with Gasteiger partial charge in [0.1, 0.15) is 0 Å². The van der Waals surface area contributed by atoms with Crippen LogP contribution in [0, 0.1) is 0 Å². The summed E-state index contributed by atoms with van der Waals surface area (Å²) in [6, 6.07) is 41.8. The molecular weight excluding hydrogens is 488 g/mol. The van der Waals surface area contributed by atoms with Gasteiger partial charge in [0, 0.05) is 0 Å². The summed E-state index contributed by atoms with van der Waals surface area (Å²) in [5, 5.41) is 24.0. The average molecular weight is 519 g/mol. The maximum absolute atomic E-state index is 9.61. The summed E-state index contributed by atoms with van der Waals surface area (Å²) >= 11 is 0. The molecule has 194 valence electrons. The number of fused-ring (bicyclic) bond motifs is 2. The van der Waals surface area contributed by atoms with Crippen molar-refractivity contribution in [3.8, 4) is 11.1 Å². The Morgan fingerprint density at radius 1 is 0.425 bits per heavy atom. The normalized spacial score (nSPS) is 11.8. The van der Waals surface area contributed by atoms with Gasteiger partial charge >= 0.3 is 0 Å². The molecule has 0 unspecified atom stereocenters. The van der Waals surface area contributed by atoms with Crippen molar-refractivity contribution in [1.29, 1.82) is 0 Å². The fraction of sp³-hybridized carbons (Fsp3) is 0.0526. The van der Waals surface area contributed by atoms with Crippen LogP contribution in [0.15, 0.2) is 121 Å². The van der Waals surface area contributed by atoms with E-state index >= 15 is 0 Å². The molecule has 0 bridgehead atoms. The van der Waals surface area contributed by atoms with Crippen LogP contribution in [0.5, 0.6) is 0 Å². The minimum absolute atomic E-state index is 0.0236. The van der Waals surface area contributed by atoms with E-state index in [4.69, 9.17) is 0 Å². The molecule has 2 heteroatoms. The highest BCUT2D eigenvalue weighted by Crippen LogP contribution is 2.40. The molecule has 6 aromatic carbocycles. The fourth-order valence-corrected chi connectivity index (χ4v) is 5.37. The molecule has 0 heterocycles. The summed E-state index contributed by atoms with van der Waals surface area (Å²) < 4.78 is 0. The lowest BCUT2D eigenvalue weighted by atomic mass is 9.86. The first-order valence-electron chi connectivity index (χ1n) is 13.5. The summed E-state index contributed by atoms with van der Waals surface area (Å²) in [5.74, 6) is 0. The molecule has 6 rings (SSSR count). The predicted octanol–water partition coefficient (Wildman–Crippen LogP) is 8.99. The molecule has 2 nitrogen and oxygen atoms in total. The molecule has 2 N–H and O–H groups in total. The van der Waals surface area contributed by atoms with E-state index in [0.29, 0.717) is 0 Å². The van der Waals surface area contributed by atoms with Gasteiger partial charge in [-0.15, -0.1) is 0 Å². The van der Waals surface area contributed by atoms with Crippen molar-refractivity contribution in [3.05, 3.63) is 155 Å². The molecule has 6 aromatic rings. The van der Waals surface area contributed by atoms with Gasteiger partial charge in [-0.3, -0.25) is 0 Å². The highest BCUT2D eigenvalue weighted by molar-refractivity contribution is 6.11. The molecule has 0 aliphatic carbocycles. The third-order valence-corrected chi connectivity index (χ3v) is 7.35. The second-order valence-corrected chi connectivity index (χ2v) is 9.97. The van der Waals surface area contributed by atoms with Gasteiger partial charge in [-0.2, -0.15) is 0 Å². The maximum Gasteiger partial charge on any atom is 0.0682 e. The Labute approximate surface area is 234 Å². The van der Waals surface area contributed by atoms with Crippen molar-refractivity contribution >= 4 is 45.8 Å². The molecule has 0 saturated heterocycles. The van der Waals surface area contributed by atoms with Crippen LogP contribution in [0.1, 0.15) is 33.4 Å². The first-order valence-corrected chi connectivity index (χ1v) is 13.5. The van der Waals surface area contributed by atoms with E-state index in [1.54, 1.807) is 0 Å². The topological polar surface area (TPSA) is 40.5 Å². The van der Waals surface area contributed by atoms with Crippen molar-refractivity contribution in [3.63, 3.8) is 0 Å². The van der Waals surface area contributed by atoms with Crippen LogP contribution in [-0.4, -0.2) is 10.2 Å². The van der Waals surface area contributed by atoms with Crippen LogP contribution in [0.4, 0.5) is 0 Å². The van der Waals surface area contributed by atoms with Crippen LogP contribution < -0.4 is 0 Å². The summed E-state index contributed by atoms with van der Waals surface area (Å²) in [5.41, 5.74) is 8.52. The maximum atomic E-state index is 9.61. The molecule has 0 fully saturated rings. The van der Waals surface area contributed by atoms with Crippen molar-refractivity contribution in [2.45, 2.75) is 13.2 Å². The van der Waals surface area contributed by atoms with Crippen LogP contribution >= 0.6 is 0 Å². The second-order valence-electron chi connectivity index (χ2n) is 9.97. The zero-order chi connectivity index (χ0) is 27.3. The largest absolute Gasteiger partial charge is 0.392 e. The molecule has 0 aliphatic heterocycles. The number of rotatable bonds is 7. The summed E-state index contributed by atoms with van der Waals surface area (Å²) in [6.45, 7) is 0.0473. The first kappa shape index (κ1) is 25.5. The minimum Gasteiger partial charge on any atom is -0.392 e. The molecule has 0 radical (unpaired) electrons. The SMILES string of the molecule is OCc1cccc(/C=C\c2ccc3ccccc3c2-c2c(/C=C\c3cccc(CO)c3)ccc3ccccc23)c1. The average Bonchev–Trinajstić information content (AvgIpc) is 3.02. The molecular formula is C38H30O2. The summed E-state index contributed by atoms with van der Waals surface area (Å²) in [6.07, 6.45) is 8.60. The fourth-order valence-electron chi connectivity index (χ4n) is 5.37. The monoisotopic (exact) mass is 518 g/mol. The Kier molecular flexibility index (Phi) is 7.37.